The first-order valence-electron chi connectivity index (χ1n) is 9.71. The van der Waals surface area contributed by atoms with Crippen LogP contribution in [0.1, 0.15) is 11.1 Å². The van der Waals surface area contributed by atoms with E-state index in [-0.39, 0.29) is 17.9 Å². The molecular weight excluding hydrogens is 423 g/mol. The van der Waals surface area contributed by atoms with Gasteiger partial charge >= 0.3 is 6.18 Å². The summed E-state index contributed by atoms with van der Waals surface area (Å²) in [6.45, 7) is 0.327. The molecule has 5 aromatic rings. The molecule has 11 heteroatoms. The van der Waals surface area contributed by atoms with Crippen molar-refractivity contribution in [1.82, 2.24) is 34.7 Å². The predicted molar refractivity (Wildman–Crippen MR) is 110 cm³/mol. The number of H-pyrrole nitrogens is 2. The lowest BCUT2D eigenvalue weighted by Gasteiger charge is -2.08. The number of alkyl halides is 3. The van der Waals surface area contributed by atoms with E-state index in [9.17, 15) is 18.0 Å². The molecule has 0 fully saturated rings. The fourth-order valence-corrected chi connectivity index (χ4v) is 3.53. The molecule has 0 radical (unpaired) electrons. The Labute approximate surface area is 178 Å². The molecule has 162 valence electrons. The zero-order valence-corrected chi connectivity index (χ0v) is 16.5. The SMILES string of the molecule is O=c1c(CCn2nccn2)c(-c2ccc(C(F)(F)F)cc2)[nH]n1-c1nc2ccccc2[nH]1. The van der Waals surface area contributed by atoms with Crippen molar-refractivity contribution in [3.63, 3.8) is 0 Å². The molecule has 32 heavy (non-hydrogen) atoms. The first-order chi connectivity index (χ1) is 15.4. The Morgan fingerprint density at radius 1 is 0.969 bits per heavy atom. The highest BCUT2D eigenvalue weighted by atomic mass is 19.4. The second-order valence-electron chi connectivity index (χ2n) is 7.13. The lowest BCUT2D eigenvalue weighted by Crippen LogP contribution is -2.19. The van der Waals surface area contributed by atoms with Gasteiger partial charge in [-0.15, -0.1) is 0 Å². The number of fused-ring (bicyclic) bond motifs is 1. The number of benzene rings is 2. The maximum atomic E-state index is 13.3. The van der Waals surface area contributed by atoms with Crippen LogP contribution in [0.2, 0.25) is 0 Å². The van der Waals surface area contributed by atoms with E-state index in [1.54, 1.807) is 0 Å². The van der Waals surface area contributed by atoms with Gasteiger partial charge in [0.1, 0.15) is 0 Å². The summed E-state index contributed by atoms with van der Waals surface area (Å²) in [7, 11) is 0. The number of aromatic nitrogens is 7. The molecule has 0 atom stereocenters. The number of nitrogens with one attached hydrogen (secondary N) is 2. The van der Waals surface area contributed by atoms with Gasteiger partial charge in [-0.25, -0.2) is 4.98 Å². The minimum atomic E-state index is -4.44. The van der Waals surface area contributed by atoms with Crippen molar-refractivity contribution < 1.29 is 13.2 Å². The van der Waals surface area contributed by atoms with E-state index in [0.717, 1.165) is 17.6 Å². The lowest BCUT2D eigenvalue weighted by molar-refractivity contribution is -0.137. The van der Waals surface area contributed by atoms with E-state index < -0.39 is 11.7 Å². The van der Waals surface area contributed by atoms with Crippen LogP contribution < -0.4 is 5.56 Å². The van der Waals surface area contributed by atoms with E-state index in [2.05, 4.69) is 25.3 Å². The predicted octanol–water partition coefficient (Wildman–Crippen LogP) is 3.56. The van der Waals surface area contributed by atoms with Crippen LogP contribution in [0, 0.1) is 0 Å². The molecule has 0 aliphatic heterocycles. The number of aryl methyl sites for hydroxylation is 1. The Morgan fingerprint density at radius 3 is 2.38 bits per heavy atom. The average Bonchev–Trinajstić information content (AvgIpc) is 3.50. The normalized spacial score (nSPS) is 12.0. The summed E-state index contributed by atoms with van der Waals surface area (Å²) in [5.74, 6) is 0.285. The molecule has 0 aliphatic rings. The van der Waals surface area contributed by atoms with Gasteiger partial charge in [0.2, 0.25) is 5.95 Å². The molecule has 8 nitrogen and oxygen atoms in total. The molecule has 0 saturated heterocycles. The highest BCUT2D eigenvalue weighted by molar-refractivity contribution is 5.76. The topological polar surface area (TPSA) is 97.2 Å². The Morgan fingerprint density at radius 2 is 1.69 bits per heavy atom. The first-order valence-corrected chi connectivity index (χ1v) is 9.71. The van der Waals surface area contributed by atoms with Crippen LogP contribution in [0.25, 0.3) is 28.2 Å². The molecule has 0 bridgehead atoms. The number of nitrogens with zero attached hydrogens (tertiary/aromatic N) is 5. The van der Waals surface area contributed by atoms with Gasteiger partial charge in [-0.05, 0) is 29.8 Å². The van der Waals surface area contributed by atoms with Crippen LogP contribution in [-0.4, -0.2) is 34.7 Å². The quantitative estimate of drug-likeness (QED) is 0.438. The largest absolute Gasteiger partial charge is 0.416 e. The van der Waals surface area contributed by atoms with Crippen LogP contribution in [0.15, 0.2) is 65.7 Å². The maximum Gasteiger partial charge on any atom is 0.416 e. The molecule has 2 aromatic carbocycles. The second-order valence-corrected chi connectivity index (χ2v) is 7.13. The van der Waals surface area contributed by atoms with Gasteiger partial charge in [0.05, 0.1) is 41.2 Å². The fourth-order valence-electron chi connectivity index (χ4n) is 3.53. The molecule has 3 aromatic heterocycles. The second kappa shape index (κ2) is 7.52. The number of para-hydroxylation sites is 2. The van der Waals surface area contributed by atoms with Crippen LogP contribution in [-0.2, 0) is 19.1 Å². The van der Waals surface area contributed by atoms with Crippen LogP contribution in [0.5, 0.6) is 0 Å². The molecule has 0 saturated carbocycles. The Hall–Kier alpha value is -4.15. The van der Waals surface area contributed by atoms with Gasteiger partial charge < -0.3 is 4.98 Å². The molecular formula is C21H16F3N7O. The fraction of sp³-hybridized carbons (Fsp3) is 0.143. The molecule has 0 amide bonds. The summed E-state index contributed by atoms with van der Waals surface area (Å²) in [6, 6.07) is 12.0. The third-order valence-corrected chi connectivity index (χ3v) is 5.10. The van der Waals surface area contributed by atoms with E-state index in [4.69, 9.17) is 0 Å². The van der Waals surface area contributed by atoms with Gasteiger partial charge in [0, 0.05) is 12.0 Å². The van der Waals surface area contributed by atoms with E-state index >= 15 is 0 Å². The number of halogens is 3. The van der Waals surface area contributed by atoms with Crippen molar-refractivity contribution >= 4 is 11.0 Å². The summed E-state index contributed by atoms with van der Waals surface area (Å²) in [4.78, 5) is 22.2. The highest BCUT2D eigenvalue weighted by Gasteiger charge is 2.30. The van der Waals surface area contributed by atoms with Gasteiger partial charge in [-0.3, -0.25) is 9.89 Å². The van der Waals surface area contributed by atoms with Gasteiger partial charge in [0.15, 0.2) is 0 Å². The molecule has 3 heterocycles. The zero-order valence-electron chi connectivity index (χ0n) is 16.5. The Bertz CT molecular complexity index is 1390. The third-order valence-electron chi connectivity index (χ3n) is 5.10. The number of aromatic amines is 2. The van der Waals surface area contributed by atoms with E-state index in [1.807, 2.05) is 24.3 Å². The summed E-state index contributed by atoms with van der Waals surface area (Å²) < 4.78 is 40.2. The first kappa shape index (κ1) is 19.8. The van der Waals surface area contributed by atoms with Crippen LogP contribution in [0.4, 0.5) is 13.2 Å². The third kappa shape index (κ3) is 3.57. The van der Waals surface area contributed by atoms with E-state index in [0.29, 0.717) is 28.9 Å². The number of imidazole rings is 1. The molecule has 0 unspecified atom stereocenters. The van der Waals surface area contributed by atoms with Gasteiger partial charge in [0.25, 0.3) is 5.56 Å². The van der Waals surface area contributed by atoms with Gasteiger partial charge in [-0.2, -0.15) is 32.8 Å². The molecule has 0 aliphatic carbocycles. The van der Waals surface area contributed by atoms with E-state index in [1.165, 1.54) is 34.0 Å². The molecule has 2 N–H and O–H groups in total. The maximum absolute atomic E-state index is 13.3. The summed E-state index contributed by atoms with van der Waals surface area (Å²) >= 11 is 0. The number of hydrogen-bond donors (Lipinski definition) is 2. The monoisotopic (exact) mass is 439 g/mol. The summed E-state index contributed by atoms with van der Waals surface area (Å²) in [6.07, 6.45) is -1.12. The highest BCUT2D eigenvalue weighted by Crippen LogP contribution is 2.31. The number of rotatable bonds is 5. The standard InChI is InChI=1S/C21H16F3N7O/c22-21(23,24)14-7-5-13(6-8-14)18-15(9-12-30-25-10-11-26-30)19(32)31(29-18)20-27-16-3-1-2-4-17(16)28-20/h1-8,10-11,29H,9,12H2,(H,27,28). The Balaban J connectivity index is 1.60. The summed E-state index contributed by atoms with van der Waals surface area (Å²) in [5, 5.41) is 11.1. The van der Waals surface area contributed by atoms with Crippen LogP contribution >= 0.6 is 0 Å². The zero-order chi connectivity index (χ0) is 22.3. The number of hydrogen-bond acceptors (Lipinski definition) is 4. The van der Waals surface area contributed by atoms with Gasteiger partial charge in [-0.1, -0.05) is 24.3 Å². The minimum Gasteiger partial charge on any atom is -0.322 e. The van der Waals surface area contributed by atoms with Crippen molar-refractivity contribution in [3.05, 3.63) is 82.4 Å². The van der Waals surface area contributed by atoms with Crippen LogP contribution in [0.3, 0.4) is 0 Å². The van der Waals surface area contributed by atoms with Crippen molar-refractivity contribution in [3.8, 4) is 17.2 Å². The minimum absolute atomic E-state index is 0.271. The van der Waals surface area contributed by atoms with Crippen molar-refractivity contribution in [2.24, 2.45) is 0 Å². The Kier molecular flexibility index (Phi) is 4.65. The molecule has 5 rings (SSSR count). The average molecular weight is 439 g/mol. The lowest BCUT2D eigenvalue weighted by atomic mass is 10.0. The summed E-state index contributed by atoms with van der Waals surface area (Å²) in [5.41, 5.74) is 1.57. The van der Waals surface area contributed by atoms with Crippen molar-refractivity contribution in [2.75, 3.05) is 0 Å². The smallest absolute Gasteiger partial charge is 0.322 e. The van der Waals surface area contributed by atoms with Crippen molar-refractivity contribution in [1.29, 1.82) is 0 Å². The van der Waals surface area contributed by atoms with Crippen molar-refractivity contribution in [2.45, 2.75) is 19.1 Å². The molecule has 0 spiro atoms.